The maximum atomic E-state index is 12.6. The smallest absolute Gasteiger partial charge is 0.242 e. The number of H-pyrrole nitrogens is 1. The molecule has 0 spiro atoms. The second-order valence-electron chi connectivity index (χ2n) is 6.93. The number of hydrogen-bond donors (Lipinski definition) is 1. The fourth-order valence-electron chi connectivity index (χ4n) is 3.46. The molecule has 2 aromatic heterocycles. The van der Waals surface area contributed by atoms with E-state index < -0.39 is 10.0 Å². The van der Waals surface area contributed by atoms with Crippen LogP contribution in [0.4, 0.5) is 5.69 Å². The van der Waals surface area contributed by atoms with Gasteiger partial charge in [0.15, 0.2) is 0 Å². The van der Waals surface area contributed by atoms with E-state index in [4.69, 9.17) is 11.6 Å². The third-order valence-electron chi connectivity index (χ3n) is 4.92. The third kappa shape index (κ3) is 3.31. The fourth-order valence-corrected chi connectivity index (χ4v) is 4.55. The number of fused-ring (bicyclic) bond motifs is 1. The summed E-state index contributed by atoms with van der Waals surface area (Å²) >= 11 is 6.05. The lowest BCUT2D eigenvalue weighted by Crippen LogP contribution is -2.23. The molecule has 1 fully saturated rings. The molecule has 27 heavy (non-hydrogen) atoms. The van der Waals surface area contributed by atoms with Crippen molar-refractivity contribution < 1.29 is 8.42 Å². The number of aromatic amines is 1. The Morgan fingerprint density at radius 1 is 1.15 bits per heavy atom. The SMILES string of the molecule is CN(C)S(=O)(=O)c1ccc(N2CCCC2)c(-c2cc3ncc(Cl)cc3[nH]2)c1. The van der Waals surface area contributed by atoms with E-state index in [1.54, 1.807) is 18.3 Å². The quantitative estimate of drug-likeness (QED) is 0.719. The highest BCUT2D eigenvalue weighted by atomic mass is 35.5. The van der Waals surface area contributed by atoms with Crippen molar-refractivity contribution in [3.8, 4) is 11.3 Å². The molecule has 0 saturated carbocycles. The Labute approximate surface area is 163 Å². The van der Waals surface area contributed by atoms with Crippen LogP contribution in [0.25, 0.3) is 22.3 Å². The maximum Gasteiger partial charge on any atom is 0.242 e. The van der Waals surface area contributed by atoms with Gasteiger partial charge in [-0.2, -0.15) is 0 Å². The molecule has 3 heterocycles. The number of sulfonamides is 1. The molecule has 8 heteroatoms. The van der Waals surface area contributed by atoms with Gasteiger partial charge in [-0.05, 0) is 43.2 Å². The molecule has 0 bridgehead atoms. The van der Waals surface area contributed by atoms with Crippen molar-refractivity contribution in [1.82, 2.24) is 14.3 Å². The highest BCUT2D eigenvalue weighted by molar-refractivity contribution is 7.89. The summed E-state index contributed by atoms with van der Waals surface area (Å²) in [7, 11) is -0.440. The van der Waals surface area contributed by atoms with Crippen LogP contribution < -0.4 is 4.90 Å². The van der Waals surface area contributed by atoms with E-state index in [0.717, 1.165) is 53.9 Å². The molecule has 1 aliphatic rings. The van der Waals surface area contributed by atoms with Crippen molar-refractivity contribution in [3.63, 3.8) is 0 Å². The highest BCUT2D eigenvalue weighted by Gasteiger charge is 2.23. The lowest BCUT2D eigenvalue weighted by atomic mass is 10.1. The van der Waals surface area contributed by atoms with Crippen LogP contribution in [0.3, 0.4) is 0 Å². The molecular weight excluding hydrogens is 384 g/mol. The topological polar surface area (TPSA) is 69.3 Å². The van der Waals surface area contributed by atoms with Gasteiger partial charge in [0, 0.05) is 44.6 Å². The fraction of sp³-hybridized carbons (Fsp3) is 0.316. The minimum atomic E-state index is -3.52. The lowest BCUT2D eigenvalue weighted by Gasteiger charge is -2.22. The number of nitrogens with zero attached hydrogens (tertiary/aromatic N) is 3. The molecule has 1 aliphatic heterocycles. The molecule has 4 rings (SSSR count). The Morgan fingerprint density at radius 2 is 1.89 bits per heavy atom. The largest absolute Gasteiger partial charge is 0.371 e. The third-order valence-corrected chi connectivity index (χ3v) is 6.94. The lowest BCUT2D eigenvalue weighted by molar-refractivity contribution is 0.521. The van der Waals surface area contributed by atoms with Crippen LogP contribution in [0.1, 0.15) is 12.8 Å². The number of nitrogens with one attached hydrogen (secondary N) is 1. The number of hydrogen-bond acceptors (Lipinski definition) is 4. The first kappa shape index (κ1) is 18.3. The van der Waals surface area contributed by atoms with E-state index in [0.29, 0.717) is 5.02 Å². The van der Waals surface area contributed by atoms with E-state index >= 15 is 0 Å². The predicted octanol–water partition coefficient (Wildman–Crippen LogP) is 3.73. The van der Waals surface area contributed by atoms with Crippen molar-refractivity contribution in [2.45, 2.75) is 17.7 Å². The first-order chi connectivity index (χ1) is 12.9. The second kappa shape index (κ2) is 6.82. The zero-order chi connectivity index (χ0) is 19.2. The van der Waals surface area contributed by atoms with Gasteiger partial charge in [0.1, 0.15) is 0 Å². The molecule has 1 N–H and O–H groups in total. The number of halogens is 1. The normalized spacial score (nSPS) is 15.2. The molecule has 6 nitrogen and oxygen atoms in total. The van der Waals surface area contributed by atoms with E-state index in [2.05, 4.69) is 14.9 Å². The first-order valence-electron chi connectivity index (χ1n) is 8.82. The number of anilines is 1. The standard InChI is InChI=1S/C19H21ClN4O2S/c1-23(2)27(25,26)14-5-6-19(24-7-3-4-8-24)15(10-14)16-11-17-18(22-16)9-13(20)12-21-17/h5-6,9-12,22H,3-4,7-8H2,1-2H3. The van der Waals surface area contributed by atoms with Crippen molar-refractivity contribution >= 4 is 38.3 Å². The number of pyridine rings is 1. The van der Waals surface area contributed by atoms with E-state index in [9.17, 15) is 8.42 Å². The summed E-state index contributed by atoms with van der Waals surface area (Å²) < 4.78 is 26.5. The zero-order valence-corrected chi connectivity index (χ0v) is 16.8. The Morgan fingerprint density at radius 3 is 2.59 bits per heavy atom. The molecule has 0 aliphatic carbocycles. The molecule has 0 amide bonds. The minimum Gasteiger partial charge on any atom is -0.371 e. The summed E-state index contributed by atoms with van der Waals surface area (Å²) in [6.07, 6.45) is 3.89. The van der Waals surface area contributed by atoms with Gasteiger partial charge in [-0.25, -0.2) is 12.7 Å². The summed E-state index contributed by atoms with van der Waals surface area (Å²) in [6.45, 7) is 1.94. The maximum absolute atomic E-state index is 12.6. The van der Waals surface area contributed by atoms with Gasteiger partial charge in [-0.15, -0.1) is 0 Å². The van der Waals surface area contributed by atoms with Crippen LogP contribution in [0, 0.1) is 0 Å². The van der Waals surface area contributed by atoms with Gasteiger partial charge in [0.2, 0.25) is 10.0 Å². The van der Waals surface area contributed by atoms with Crippen LogP contribution in [0.2, 0.25) is 5.02 Å². The number of benzene rings is 1. The predicted molar refractivity (Wildman–Crippen MR) is 109 cm³/mol. The summed E-state index contributed by atoms with van der Waals surface area (Å²) in [5, 5.41) is 0.555. The van der Waals surface area contributed by atoms with E-state index in [1.807, 2.05) is 18.2 Å². The first-order valence-corrected chi connectivity index (χ1v) is 10.6. The summed E-state index contributed by atoms with van der Waals surface area (Å²) in [5.41, 5.74) is 4.34. The second-order valence-corrected chi connectivity index (χ2v) is 9.52. The monoisotopic (exact) mass is 404 g/mol. The molecule has 1 saturated heterocycles. The van der Waals surface area contributed by atoms with Crippen molar-refractivity contribution in [1.29, 1.82) is 0 Å². The Balaban J connectivity index is 1.91. The van der Waals surface area contributed by atoms with Gasteiger partial charge in [0.25, 0.3) is 0 Å². The molecular formula is C19H21ClN4O2S. The van der Waals surface area contributed by atoms with E-state index in [-0.39, 0.29) is 4.90 Å². The van der Waals surface area contributed by atoms with Gasteiger partial charge in [-0.1, -0.05) is 11.6 Å². The van der Waals surface area contributed by atoms with Crippen molar-refractivity contribution in [3.05, 3.63) is 41.6 Å². The summed E-state index contributed by atoms with van der Waals surface area (Å²) in [5.74, 6) is 0. The van der Waals surface area contributed by atoms with Crippen molar-refractivity contribution in [2.24, 2.45) is 0 Å². The number of aromatic nitrogens is 2. The van der Waals surface area contributed by atoms with Crippen LogP contribution in [0.15, 0.2) is 41.4 Å². The van der Waals surface area contributed by atoms with Crippen LogP contribution in [-0.2, 0) is 10.0 Å². The molecule has 1 aromatic carbocycles. The summed E-state index contributed by atoms with van der Waals surface area (Å²) in [6, 6.07) is 9.10. The summed E-state index contributed by atoms with van der Waals surface area (Å²) in [4.78, 5) is 10.3. The van der Waals surface area contributed by atoms with Gasteiger partial charge in [0.05, 0.1) is 26.6 Å². The van der Waals surface area contributed by atoms with Crippen LogP contribution in [-0.4, -0.2) is 49.9 Å². The number of rotatable bonds is 4. The molecule has 142 valence electrons. The van der Waals surface area contributed by atoms with E-state index in [1.165, 1.54) is 18.4 Å². The van der Waals surface area contributed by atoms with Crippen LogP contribution in [0.5, 0.6) is 0 Å². The van der Waals surface area contributed by atoms with Gasteiger partial charge in [-0.3, -0.25) is 4.98 Å². The average Bonchev–Trinajstić information content (AvgIpc) is 3.30. The average molecular weight is 405 g/mol. The zero-order valence-electron chi connectivity index (χ0n) is 15.2. The van der Waals surface area contributed by atoms with Gasteiger partial charge < -0.3 is 9.88 Å². The molecule has 0 radical (unpaired) electrons. The molecule has 0 unspecified atom stereocenters. The Hall–Kier alpha value is -2.09. The van der Waals surface area contributed by atoms with Crippen LogP contribution >= 0.6 is 11.6 Å². The molecule has 3 aromatic rings. The molecule has 0 atom stereocenters. The Kier molecular flexibility index (Phi) is 4.61. The highest BCUT2D eigenvalue weighted by Crippen LogP contribution is 2.36. The Bertz CT molecular complexity index is 1100. The van der Waals surface area contributed by atoms with Crippen molar-refractivity contribution in [2.75, 3.05) is 32.1 Å². The van der Waals surface area contributed by atoms with Gasteiger partial charge >= 0.3 is 0 Å². The minimum absolute atomic E-state index is 0.273.